The Balaban J connectivity index is 1.63. The zero-order valence-corrected chi connectivity index (χ0v) is 23.4. The van der Waals surface area contributed by atoms with Crippen LogP contribution in [0.2, 0.25) is 0 Å². The molecule has 1 heterocycles. The van der Waals surface area contributed by atoms with Crippen molar-refractivity contribution in [1.82, 2.24) is 0 Å². The molecule has 1 unspecified atom stereocenters. The fourth-order valence-corrected chi connectivity index (χ4v) is 7.77. The fourth-order valence-electron chi connectivity index (χ4n) is 4.41. The van der Waals surface area contributed by atoms with Gasteiger partial charge in [0.15, 0.2) is 11.5 Å². The van der Waals surface area contributed by atoms with E-state index in [9.17, 15) is 5.11 Å². The van der Waals surface area contributed by atoms with Gasteiger partial charge >= 0.3 is 0 Å². The lowest BCUT2D eigenvalue weighted by atomic mass is 9.95. The van der Waals surface area contributed by atoms with Gasteiger partial charge in [0.1, 0.15) is 6.61 Å². The van der Waals surface area contributed by atoms with Gasteiger partial charge in [-0.05, 0) is 86.6 Å². The first-order valence-corrected chi connectivity index (χ1v) is 14.8. The molecule has 3 nitrogen and oxygen atoms in total. The molecule has 35 heavy (non-hydrogen) atoms. The minimum atomic E-state index is -0.399. The number of allylic oxidation sites excluding steroid dienone is 2. The predicted octanol–water partition coefficient (Wildman–Crippen LogP) is 7.91. The Morgan fingerprint density at radius 2 is 1.77 bits per heavy atom. The fraction of sp³-hybridized carbons (Fsp3) is 0.533. The number of ether oxygens (including phenoxy) is 2. The number of benzene rings is 2. The number of hydrogen-bond acceptors (Lipinski definition) is 5. The van der Waals surface area contributed by atoms with E-state index in [4.69, 9.17) is 9.47 Å². The summed E-state index contributed by atoms with van der Waals surface area (Å²) in [7, 11) is 1.68. The lowest BCUT2D eigenvalue weighted by molar-refractivity contribution is 0.153. The molecule has 2 aromatic rings. The van der Waals surface area contributed by atoms with E-state index in [2.05, 4.69) is 45.0 Å². The molecule has 0 aromatic heterocycles. The molecule has 1 N–H and O–H groups in total. The van der Waals surface area contributed by atoms with Crippen LogP contribution >= 0.6 is 23.5 Å². The molecule has 0 saturated carbocycles. The molecule has 5 heteroatoms. The maximum absolute atomic E-state index is 11.5. The van der Waals surface area contributed by atoms with Crippen molar-refractivity contribution in [1.29, 1.82) is 0 Å². The lowest BCUT2D eigenvalue weighted by Crippen LogP contribution is -2.40. The number of aliphatic hydroxyl groups is 1. The highest BCUT2D eigenvalue weighted by Crippen LogP contribution is 2.49. The third kappa shape index (κ3) is 8.80. The van der Waals surface area contributed by atoms with Gasteiger partial charge in [0.2, 0.25) is 0 Å². The van der Waals surface area contributed by atoms with Crippen molar-refractivity contribution in [2.45, 2.75) is 76.1 Å². The van der Waals surface area contributed by atoms with Crippen LogP contribution in [0.4, 0.5) is 0 Å². The van der Waals surface area contributed by atoms with Gasteiger partial charge in [-0.15, -0.1) is 23.5 Å². The van der Waals surface area contributed by atoms with Gasteiger partial charge < -0.3 is 14.6 Å². The Kier molecular flexibility index (Phi) is 11.4. The van der Waals surface area contributed by atoms with Gasteiger partial charge in [-0.3, -0.25) is 0 Å². The number of rotatable bonds is 13. The third-order valence-electron chi connectivity index (χ3n) is 6.58. The summed E-state index contributed by atoms with van der Waals surface area (Å²) in [5.74, 6) is 4.38. The lowest BCUT2D eigenvalue weighted by Gasteiger charge is -2.40. The zero-order valence-electron chi connectivity index (χ0n) is 21.8. The van der Waals surface area contributed by atoms with Crippen molar-refractivity contribution in [3.05, 3.63) is 71.3 Å². The van der Waals surface area contributed by atoms with E-state index < -0.39 is 6.10 Å². The quantitative estimate of drug-likeness (QED) is 0.275. The first-order valence-electron chi connectivity index (χ1n) is 12.8. The molecule has 0 amide bonds. The Labute approximate surface area is 221 Å². The van der Waals surface area contributed by atoms with Crippen molar-refractivity contribution in [2.24, 2.45) is 5.92 Å². The van der Waals surface area contributed by atoms with Crippen molar-refractivity contribution in [3.8, 4) is 11.5 Å². The number of methoxy groups -OCH3 is 1. The van der Waals surface area contributed by atoms with E-state index in [0.29, 0.717) is 18.9 Å². The van der Waals surface area contributed by atoms with Crippen LogP contribution in [0.5, 0.6) is 11.5 Å². The van der Waals surface area contributed by atoms with E-state index >= 15 is 0 Å². The van der Waals surface area contributed by atoms with Gasteiger partial charge in [0.05, 0.1) is 17.3 Å². The van der Waals surface area contributed by atoms with E-state index in [0.717, 1.165) is 53.4 Å². The molecule has 0 spiro atoms. The maximum atomic E-state index is 11.5. The largest absolute Gasteiger partial charge is 0.493 e. The first-order chi connectivity index (χ1) is 16.9. The van der Waals surface area contributed by atoms with Crippen LogP contribution in [0, 0.1) is 5.92 Å². The summed E-state index contributed by atoms with van der Waals surface area (Å²) in [5.41, 5.74) is 3.61. The summed E-state index contributed by atoms with van der Waals surface area (Å²) in [6, 6.07) is 16.2. The van der Waals surface area contributed by atoms with E-state index in [1.165, 1.54) is 18.4 Å². The van der Waals surface area contributed by atoms with Crippen LogP contribution in [-0.2, 0) is 13.0 Å². The average molecular weight is 515 g/mol. The van der Waals surface area contributed by atoms with E-state index in [1.54, 1.807) is 7.11 Å². The summed E-state index contributed by atoms with van der Waals surface area (Å²) >= 11 is 3.95. The highest BCUT2D eigenvalue weighted by Gasteiger charge is 2.40. The van der Waals surface area contributed by atoms with Crippen LogP contribution in [0.25, 0.3) is 0 Å². The third-order valence-corrected chi connectivity index (χ3v) is 10.2. The smallest absolute Gasteiger partial charge is 0.161 e. The second-order valence-electron chi connectivity index (χ2n) is 9.84. The normalized spacial score (nSPS) is 16.8. The Hall–Kier alpha value is -1.56. The minimum Gasteiger partial charge on any atom is -0.493 e. The van der Waals surface area contributed by atoms with E-state index in [-0.39, 0.29) is 4.08 Å². The second kappa shape index (κ2) is 14.2. The van der Waals surface area contributed by atoms with Crippen LogP contribution in [0.1, 0.15) is 64.0 Å². The highest BCUT2D eigenvalue weighted by atomic mass is 32.2. The molecule has 192 valence electrons. The highest BCUT2D eigenvalue weighted by molar-refractivity contribution is 8.18. The maximum Gasteiger partial charge on any atom is 0.161 e. The number of aliphatic hydroxyl groups excluding tert-OH is 1. The van der Waals surface area contributed by atoms with E-state index in [1.807, 2.05) is 53.9 Å². The number of hydrogen-bond donors (Lipinski definition) is 1. The average Bonchev–Trinajstić information content (AvgIpc) is 2.87. The van der Waals surface area contributed by atoms with Gasteiger partial charge in [-0.1, -0.05) is 55.0 Å². The van der Waals surface area contributed by atoms with Crippen molar-refractivity contribution in [3.63, 3.8) is 0 Å². The SMILES string of the molecule is COc1cc(CC(O)C2(CC[C@@H](C)CCC=C(C)C)SCCCS2)ccc1OCc1ccccc1. The Morgan fingerprint density at radius 3 is 2.46 bits per heavy atom. The summed E-state index contributed by atoms with van der Waals surface area (Å²) in [6.45, 7) is 7.20. The molecule has 1 saturated heterocycles. The molecule has 0 aliphatic carbocycles. The standard InChI is InChI=1S/C30H42O3S2/c1-23(2)10-8-11-24(3)16-17-30(34-18-9-19-35-30)29(31)21-26-14-15-27(28(20-26)32-4)33-22-25-12-6-5-7-13-25/h5-7,10,12-15,20,24,29,31H,8-9,11,16-19,21-22H2,1-4H3/t24-,29?/m0/s1. The molecule has 1 aliphatic rings. The molecule has 1 aliphatic heterocycles. The van der Waals surface area contributed by atoms with Crippen LogP contribution in [0.3, 0.4) is 0 Å². The van der Waals surface area contributed by atoms with Gasteiger partial charge in [-0.25, -0.2) is 0 Å². The summed E-state index contributed by atoms with van der Waals surface area (Å²) in [5, 5.41) is 11.5. The molecule has 0 bridgehead atoms. The van der Waals surface area contributed by atoms with Gasteiger partial charge in [0, 0.05) is 6.42 Å². The zero-order chi connectivity index (χ0) is 25.1. The molecule has 1 fully saturated rings. The molecule has 0 radical (unpaired) electrons. The molecule has 2 aromatic carbocycles. The van der Waals surface area contributed by atoms with Crippen molar-refractivity contribution >= 4 is 23.5 Å². The predicted molar refractivity (Wildman–Crippen MR) is 153 cm³/mol. The Morgan fingerprint density at radius 1 is 1.03 bits per heavy atom. The molecule has 2 atom stereocenters. The van der Waals surface area contributed by atoms with Crippen molar-refractivity contribution in [2.75, 3.05) is 18.6 Å². The monoisotopic (exact) mass is 514 g/mol. The molecule has 3 rings (SSSR count). The van der Waals surface area contributed by atoms with Gasteiger partial charge in [0.25, 0.3) is 0 Å². The first kappa shape index (κ1) is 28.0. The summed E-state index contributed by atoms with van der Waals surface area (Å²) in [4.78, 5) is 0. The van der Waals surface area contributed by atoms with Gasteiger partial charge in [-0.2, -0.15) is 0 Å². The van der Waals surface area contributed by atoms with Crippen LogP contribution < -0.4 is 9.47 Å². The summed E-state index contributed by atoms with van der Waals surface area (Å²) < 4.78 is 11.5. The minimum absolute atomic E-state index is 0.126. The number of thioether (sulfide) groups is 2. The van der Waals surface area contributed by atoms with Crippen LogP contribution in [-0.4, -0.2) is 33.9 Å². The van der Waals surface area contributed by atoms with Crippen LogP contribution in [0.15, 0.2) is 60.2 Å². The topological polar surface area (TPSA) is 38.7 Å². The molecular formula is C30H42O3S2. The van der Waals surface area contributed by atoms with Crippen molar-refractivity contribution < 1.29 is 14.6 Å². The second-order valence-corrected chi connectivity index (χ2v) is 13.0. The molecular weight excluding hydrogens is 472 g/mol. The summed E-state index contributed by atoms with van der Waals surface area (Å²) in [6.07, 6.45) is 8.36. The Bertz CT molecular complexity index is 918.